The average molecular weight is 293 g/mol. The van der Waals surface area contributed by atoms with Gasteiger partial charge in [-0.15, -0.1) is 0 Å². The summed E-state index contributed by atoms with van der Waals surface area (Å²) in [5, 5.41) is 20.1. The van der Waals surface area contributed by atoms with E-state index in [9.17, 15) is 14.4 Å². The van der Waals surface area contributed by atoms with E-state index in [2.05, 4.69) is 5.32 Å². The highest BCUT2D eigenvalue weighted by molar-refractivity contribution is 5.99. The minimum absolute atomic E-state index is 0.152. The Hall–Kier alpha value is -2.37. The van der Waals surface area contributed by atoms with E-state index in [1.54, 1.807) is 13.8 Å². The van der Waals surface area contributed by atoms with Gasteiger partial charge in [-0.25, -0.2) is 4.79 Å². The molecular formula is C15H19NO5. The van der Waals surface area contributed by atoms with Crippen molar-refractivity contribution < 1.29 is 24.6 Å². The lowest BCUT2D eigenvalue weighted by atomic mass is 9.98. The van der Waals surface area contributed by atoms with Crippen molar-refractivity contribution in [3.8, 4) is 0 Å². The number of carboxylic acids is 2. The highest BCUT2D eigenvalue weighted by atomic mass is 16.4. The predicted octanol–water partition coefficient (Wildman–Crippen LogP) is 1.66. The van der Waals surface area contributed by atoms with Crippen LogP contribution in [0.1, 0.15) is 39.9 Å². The van der Waals surface area contributed by atoms with Gasteiger partial charge in [0, 0.05) is 12.0 Å². The fourth-order valence-electron chi connectivity index (χ4n) is 2.29. The summed E-state index contributed by atoms with van der Waals surface area (Å²) in [7, 11) is 0. The van der Waals surface area contributed by atoms with Gasteiger partial charge in [0.1, 0.15) is 6.04 Å². The zero-order valence-corrected chi connectivity index (χ0v) is 12.3. The Kier molecular flexibility index (Phi) is 5.46. The van der Waals surface area contributed by atoms with Crippen LogP contribution in [0.15, 0.2) is 12.1 Å². The van der Waals surface area contributed by atoms with Crippen LogP contribution in [0.5, 0.6) is 0 Å². The summed E-state index contributed by atoms with van der Waals surface area (Å²) in [6.45, 7) is 5.47. The van der Waals surface area contributed by atoms with E-state index in [0.717, 1.165) is 16.7 Å². The van der Waals surface area contributed by atoms with Crippen molar-refractivity contribution in [1.82, 2.24) is 5.32 Å². The molecule has 21 heavy (non-hydrogen) atoms. The molecule has 6 heteroatoms. The normalized spacial score (nSPS) is 11.8. The standard InChI is InChI=1S/C15H19NO5/c1-8-6-9(2)13(10(3)7-8)14(19)16-11(15(20)21)4-5-12(17)18/h6-7,11H,4-5H2,1-3H3,(H,16,19)(H,17,18)(H,20,21). The Balaban J connectivity index is 2.92. The molecule has 0 aliphatic heterocycles. The molecule has 6 nitrogen and oxygen atoms in total. The second-order valence-electron chi connectivity index (χ2n) is 5.07. The molecular weight excluding hydrogens is 274 g/mol. The largest absolute Gasteiger partial charge is 0.481 e. The molecule has 1 rings (SSSR count). The third-order valence-corrected chi connectivity index (χ3v) is 3.15. The maximum atomic E-state index is 12.2. The zero-order chi connectivity index (χ0) is 16.2. The van der Waals surface area contributed by atoms with Gasteiger partial charge >= 0.3 is 11.9 Å². The average Bonchev–Trinajstić information content (AvgIpc) is 2.32. The number of nitrogens with one attached hydrogen (secondary N) is 1. The Morgan fingerprint density at radius 3 is 2.05 bits per heavy atom. The fourth-order valence-corrected chi connectivity index (χ4v) is 2.29. The molecule has 0 saturated carbocycles. The van der Waals surface area contributed by atoms with Crippen LogP contribution in [0.4, 0.5) is 0 Å². The Bertz CT molecular complexity index is 556. The second kappa shape index (κ2) is 6.88. The molecule has 1 aromatic rings. The van der Waals surface area contributed by atoms with E-state index in [1.807, 2.05) is 19.1 Å². The predicted molar refractivity (Wildman–Crippen MR) is 76.4 cm³/mol. The molecule has 0 radical (unpaired) electrons. The summed E-state index contributed by atoms with van der Waals surface area (Å²) in [6.07, 6.45) is -0.469. The number of carbonyl (C=O) groups is 3. The van der Waals surface area contributed by atoms with Crippen LogP contribution >= 0.6 is 0 Å². The van der Waals surface area contributed by atoms with Gasteiger partial charge in [0.15, 0.2) is 0 Å². The van der Waals surface area contributed by atoms with Crippen molar-refractivity contribution in [2.24, 2.45) is 0 Å². The number of benzene rings is 1. The molecule has 0 spiro atoms. The molecule has 0 aliphatic carbocycles. The van der Waals surface area contributed by atoms with Crippen LogP contribution < -0.4 is 5.32 Å². The molecule has 1 aromatic carbocycles. The highest BCUT2D eigenvalue weighted by Crippen LogP contribution is 2.16. The van der Waals surface area contributed by atoms with Crippen molar-refractivity contribution in [2.45, 2.75) is 39.7 Å². The lowest BCUT2D eigenvalue weighted by Crippen LogP contribution is -2.41. The minimum Gasteiger partial charge on any atom is -0.481 e. The first kappa shape index (κ1) is 16.7. The molecule has 1 amide bonds. The third kappa shape index (κ3) is 4.59. The van der Waals surface area contributed by atoms with Crippen LogP contribution in [0, 0.1) is 20.8 Å². The SMILES string of the molecule is Cc1cc(C)c(C(=O)NC(CCC(=O)O)C(=O)O)c(C)c1. The number of hydrogen-bond acceptors (Lipinski definition) is 3. The molecule has 3 N–H and O–H groups in total. The molecule has 0 heterocycles. The van der Waals surface area contributed by atoms with Crippen LogP contribution in [0.2, 0.25) is 0 Å². The van der Waals surface area contributed by atoms with Gasteiger partial charge in [-0.05, 0) is 38.3 Å². The topological polar surface area (TPSA) is 104 Å². The number of hydrogen-bond donors (Lipinski definition) is 3. The van der Waals surface area contributed by atoms with Crippen LogP contribution in [-0.4, -0.2) is 34.1 Å². The molecule has 0 aliphatic rings. The van der Waals surface area contributed by atoms with Gasteiger partial charge < -0.3 is 15.5 Å². The molecule has 0 saturated heterocycles. The molecule has 114 valence electrons. The Labute approximate surface area is 122 Å². The van der Waals surface area contributed by atoms with Gasteiger partial charge in [-0.3, -0.25) is 9.59 Å². The number of carbonyl (C=O) groups excluding carboxylic acids is 1. The fraction of sp³-hybridized carbons (Fsp3) is 0.400. The second-order valence-corrected chi connectivity index (χ2v) is 5.07. The lowest BCUT2D eigenvalue weighted by molar-refractivity contribution is -0.140. The Morgan fingerprint density at radius 2 is 1.62 bits per heavy atom. The minimum atomic E-state index is -1.24. The van der Waals surface area contributed by atoms with Crippen molar-refractivity contribution in [2.75, 3.05) is 0 Å². The zero-order valence-electron chi connectivity index (χ0n) is 12.3. The van der Waals surface area contributed by atoms with E-state index in [1.165, 1.54) is 0 Å². The van der Waals surface area contributed by atoms with Crippen molar-refractivity contribution in [3.63, 3.8) is 0 Å². The van der Waals surface area contributed by atoms with Gasteiger partial charge in [-0.2, -0.15) is 0 Å². The van der Waals surface area contributed by atoms with E-state index >= 15 is 0 Å². The maximum Gasteiger partial charge on any atom is 0.326 e. The first-order chi connectivity index (χ1) is 9.72. The summed E-state index contributed by atoms with van der Waals surface area (Å²) in [6, 6.07) is 2.47. The number of aryl methyl sites for hydroxylation is 3. The monoisotopic (exact) mass is 293 g/mol. The van der Waals surface area contributed by atoms with E-state index in [-0.39, 0.29) is 12.8 Å². The first-order valence-electron chi connectivity index (χ1n) is 6.55. The summed E-state index contributed by atoms with van der Waals surface area (Å²) in [5.74, 6) is -2.84. The molecule has 0 fully saturated rings. The smallest absolute Gasteiger partial charge is 0.326 e. The van der Waals surface area contributed by atoms with Crippen LogP contribution in [-0.2, 0) is 9.59 Å². The van der Waals surface area contributed by atoms with Crippen LogP contribution in [0.25, 0.3) is 0 Å². The number of carboxylic acid groups (broad SMARTS) is 2. The van der Waals surface area contributed by atoms with E-state index in [0.29, 0.717) is 5.56 Å². The van der Waals surface area contributed by atoms with Crippen molar-refractivity contribution in [1.29, 1.82) is 0 Å². The maximum absolute atomic E-state index is 12.2. The van der Waals surface area contributed by atoms with E-state index < -0.39 is 23.9 Å². The summed E-state index contributed by atoms with van der Waals surface area (Å²) in [4.78, 5) is 33.9. The van der Waals surface area contributed by atoms with Gasteiger partial charge in [0.2, 0.25) is 0 Å². The molecule has 1 unspecified atom stereocenters. The number of aliphatic carboxylic acids is 2. The van der Waals surface area contributed by atoms with Gasteiger partial charge in [0.25, 0.3) is 5.91 Å². The first-order valence-corrected chi connectivity index (χ1v) is 6.55. The molecule has 0 bridgehead atoms. The van der Waals surface area contributed by atoms with E-state index in [4.69, 9.17) is 10.2 Å². The number of rotatable bonds is 6. The summed E-state index contributed by atoms with van der Waals surface area (Å²) < 4.78 is 0. The lowest BCUT2D eigenvalue weighted by Gasteiger charge is -2.16. The number of amides is 1. The highest BCUT2D eigenvalue weighted by Gasteiger charge is 2.23. The summed E-state index contributed by atoms with van der Waals surface area (Å²) >= 11 is 0. The van der Waals surface area contributed by atoms with Gasteiger partial charge in [-0.1, -0.05) is 17.7 Å². The van der Waals surface area contributed by atoms with Crippen molar-refractivity contribution >= 4 is 17.8 Å². The molecule has 0 aromatic heterocycles. The quantitative estimate of drug-likeness (QED) is 0.740. The van der Waals surface area contributed by atoms with Crippen molar-refractivity contribution in [3.05, 3.63) is 34.4 Å². The van der Waals surface area contributed by atoms with Crippen LogP contribution in [0.3, 0.4) is 0 Å². The molecule has 1 atom stereocenters. The summed E-state index contributed by atoms with van der Waals surface area (Å²) in [5.41, 5.74) is 2.96. The third-order valence-electron chi connectivity index (χ3n) is 3.15. The Morgan fingerprint density at radius 1 is 1.10 bits per heavy atom. The van der Waals surface area contributed by atoms with Gasteiger partial charge in [0.05, 0.1) is 0 Å².